The van der Waals surface area contributed by atoms with Crippen molar-refractivity contribution in [2.24, 2.45) is 5.92 Å². The zero-order valence-corrected chi connectivity index (χ0v) is 13.7. The van der Waals surface area contributed by atoms with E-state index in [0.29, 0.717) is 24.5 Å². The third kappa shape index (κ3) is 1.95. The molecule has 2 aromatic rings. The molecule has 1 fully saturated rings. The molecule has 0 amide bonds. The van der Waals surface area contributed by atoms with Crippen molar-refractivity contribution in [2.45, 2.75) is 38.1 Å². The van der Waals surface area contributed by atoms with Crippen molar-refractivity contribution in [1.82, 2.24) is 4.98 Å². The second kappa shape index (κ2) is 5.10. The van der Waals surface area contributed by atoms with E-state index in [0.717, 1.165) is 17.4 Å². The Morgan fingerprint density at radius 3 is 3.00 bits per heavy atom. The molecule has 2 heterocycles. The van der Waals surface area contributed by atoms with Gasteiger partial charge in [0.2, 0.25) is 0 Å². The van der Waals surface area contributed by atoms with Gasteiger partial charge < -0.3 is 14.6 Å². The second-order valence-electron chi connectivity index (χ2n) is 7.63. The topological polar surface area (TPSA) is 36.0 Å². The van der Waals surface area contributed by atoms with Crippen LogP contribution >= 0.6 is 0 Å². The number of nitrogens with zero attached hydrogens (tertiary/aromatic N) is 1. The third-order valence-corrected chi connectivity index (χ3v) is 6.17. The lowest BCUT2D eigenvalue weighted by atomic mass is 9.71. The molecule has 1 aliphatic carbocycles. The first-order chi connectivity index (χ1) is 10.7. The molecule has 4 rings (SSSR count). The van der Waals surface area contributed by atoms with Gasteiger partial charge in [0.25, 0.3) is 0 Å². The Morgan fingerprint density at radius 1 is 1.36 bits per heavy atom. The van der Waals surface area contributed by atoms with Crippen LogP contribution in [0, 0.1) is 5.92 Å². The molecule has 2 aliphatic rings. The Balaban J connectivity index is 1.84. The highest BCUT2D eigenvalue weighted by Crippen LogP contribution is 2.46. The minimum atomic E-state index is 0.330. The summed E-state index contributed by atoms with van der Waals surface area (Å²) >= 11 is 0. The van der Waals surface area contributed by atoms with E-state index in [4.69, 9.17) is 0 Å². The van der Waals surface area contributed by atoms with Gasteiger partial charge in [-0.25, -0.2) is 0 Å². The average Bonchev–Trinajstić information content (AvgIpc) is 2.93. The Kier molecular flexibility index (Phi) is 3.31. The van der Waals surface area contributed by atoms with E-state index >= 15 is 0 Å². The molecule has 3 unspecified atom stereocenters. The van der Waals surface area contributed by atoms with E-state index in [1.807, 2.05) is 0 Å². The molecule has 3 heteroatoms. The Labute approximate surface area is 132 Å². The van der Waals surface area contributed by atoms with E-state index in [2.05, 4.69) is 43.4 Å². The van der Waals surface area contributed by atoms with E-state index in [1.165, 1.54) is 41.4 Å². The summed E-state index contributed by atoms with van der Waals surface area (Å²) in [7, 11) is 2.42. The highest BCUT2D eigenvalue weighted by atomic mass is 16.3. The first kappa shape index (κ1) is 14.3. The molecule has 1 saturated heterocycles. The van der Waals surface area contributed by atoms with Crippen molar-refractivity contribution in [3.8, 4) is 0 Å². The maximum absolute atomic E-state index is 9.81. The number of hydrogen-bond donors (Lipinski definition) is 2. The van der Waals surface area contributed by atoms with Crippen LogP contribution < -0.4 is 0 Å². The van der Waals surface area contributed by atoms with Crippen molar-refractivity contribution in [3.63, 3.8) is 0 Å². The number of aliphatic hydroxyl groups is 1. The minimum Gasteiger partial charge on any atom is -0.396 e. The largest absolute Gasteiger partial charge is 0.396 e. The SMILES string of the molecule is CCC[N+]1(C)C[C@H](CO)CC2c3cccc4[nH]cc(c34)CC21. The van der Waals surface area contributed by atoms with Crippen LogP contribution in [0.2, 0.25) is 0 Å². The summed E-state index contributed by atoms with van der Waals surface area (Å²) in [4.78, 5) is 3.46. The molecule has 1 aromatic carbocycles. The molecule has 3 nitrogen and oxygen atoms in total. The molecule has 118 valence electrons. The predicted molar refractivity (Wildman–Crippen MR) is 89.9 cm³/mol. The highest BCUT2D eigenvalue weighted by molar-refractivity contribution is 5.88. The number of nitrogens with one attached hydrogen (secondary N) is 1. The standard InChI is InChI=1S/C19H27N2O/c1-3-7-21(2)11-13(12-22)8-16-15-5-4-6-17-19(15)14(10-20-17)9-18(16)21/h4-6,10,13,16,18,20,22H,3,7-9,11-12H2,1-2H3/q+1/t13-,16?,18?,21?/m1/s1. The fourth-order valence-corrected chi connectivity index (χ4v) is 5.33. The fourth-order valence-electron chi connectivity index (χ4n) is 5.33. The normalized spacial score (nSPS) is 33.9. The van der Waals surface area contributed by atoms with Gasteiger partial charge in [0.1, 0.15) is 0 Å². The van der Waals surface area contributed by atoms with Crippen molar-refractivity contribution in [2.75, 3.05) is 26.7 Å². The van der Waals surface area contributed by atoms with Crippen LogP contribution in [-0.4, -0.2) is 47.4 Å². The molecule has 0 bridgehead atoms. The molecule has 1 aromatic heterocycles. The van der Waals surface area contributed by atoms with Crippen LogP contribution in [0.4, 0.5) is 0 Å². The van der Waals surface area contributed by atoms with Gasteiger partial charge in [-0.3, -0.25) is 0 Å². The van der Waals surface area contributed by atoms with Crippen LogP contribution in [-0.2, 0) is 6.42 Å². The molecule has 1 aliphatic heterocycles. The summed E-state index contributed by atoms with van der Waals surface area (Å²) in [6.45, 7) is 4.96. The van der Waals surface area contributed by atoms with Gasteiger partial charge in [-0.05, 0) is 30.0 Å². The summed E-state index contributed by atoms with van der Waals surface area (Å²) in [5.74, 6) is 1.03. The quantitative estimate of drug-likeness (QED) is 0.840. The molecule has 0 saturated carbocycles. The number of likely N-dealkylation sites (tertiary alicyclic amines) is 1. The Bertz CT molecular complexity index is 692. The van der Waals surface area contributed by atoms with Crippen LogP contribution in [0.3, 0.4) is 0 Å². The predicted octanol–water partition coefficient (Wildman–Crippen LogP) is 3.05. The van der Waals surface area contributed by atoms with Crippen molar-refractivity contribution < 1.29 is 9.59 Å². The molecular weight excluding hydrogens is 272 g/mol. The Hall–Kier alpha value is -1.32. The van der Waals surface area contributed by atoms with Gasteiger partial charge in [0, 0.05) is 35.4 Å². The fraction of sp³-hybridized carbons (Fsp3) is 0.579. The van der Waals surface area contributed by atoms with Gasteiger partial charge in [-0.15, -0.1) is 0 Å². The van der Waals surface area contributed by atoms with E-state index < -0.39 is 0 Å². The van der Waals surface area contributed by atoms with Gasteiger partial charge in [0.05, 0.1) is 32.8 Å². The summed E-state index contributed by atoms with van der Waals surface area (Å²) in [6, 6.07) is 7.37. The van der Waals surface area contributed by atoms with Gasteiger partial charge in [-0.2, -0.15) is 0 Å². The molecule has 22 heavy (non-hydrogen) atoms. The summed E-state index contributed by atoms with van der Waals surface area (Å²) in [5, 5.41) is 11.3. The number of quaternary nitrogens is 1. The smallest absolute Gasteiger partial charge is 0.0999 e. The zero-order chi connectivity index (χ0) is 15.3. The van der Waals surface area contributed by atoms with Crippen LogP contribution in [0.25, 0.3) is 10.9 Å². The van der Waals surface area contributed by atoms with Crippen molar-refractivity contribution >= 4 is 10.9 Å². The van der Waals surface area contributed by atoms with Crippen LogP contribution in [0.15, 0.2) is 24.4 Å². The minimum absolute atomic E-state index is 0.330. The summed E-state index contributed by atoms with van der Waals surface area (Å²) in [6.07, 6.45) is 5.75. The number of fused-ring (bicyclic) bond motifs is 2. The number of aliphatic hydroxyl groups excluding tert-OH is 1. The number of piperidine rings is 1. The number of benzene rings is 1. The number of rotatable bonds is 3. The summed E-state index contributed by atoms with van der Waals surface area (Å²) < 4.78 is 1.12. The number of hydrogen-bond acceptors (Lipinski definition) is 1. The van der Waals surface area contributed by atoms with Gasteiger partial charge in [-0.1, -0.05) is 19.1 Å². The van der Waals surface area contributed by atoms with Gasteiger partial charge in [0.15, 0.2) is 0 Å². The van der Waals surface area contributed by atoms with Crippen LogP contribution in [0.1, 0.15) is 36.8 Å². The average molecular weight is 299 g/mol. The van der Waals surface area contributed by atoms with Crippen molar-refractivity contribution in [1.29, 1.82) is 0 Å². The third-order valence-electron chi connectivity index (χ3n) is 6.17. The Morgan fingerprint density at radius 2 is 2.23 bits per heavy atom. The number of aromatic nitrogens is 1. The molecular formula is C19H27N2O+. The lowest BCUT2D eigenvalue weighted by Gasteiger charge is -2.52. The molecule has 2 N–H and O–H groups in total. The lowest BCUT2D eigenvalue weighted by molar-refractivity contribution is -0.943. The zero-order valence-electron chi connectivity index (χ0n) is 13.7. The van der Waals surface area contributed by atoms with E-state index in [9.17, 15) is 5.11 Å². The van der Waals surface area contributed by atoms with Crippen LogP contribution in [0.5, 0.6) is 0 Å². The number of aromatic amines is 1. The highest BCUT2D eigenvalue weighted by Gasteiger charge is 2.48. The van der Waals surface area contributed by atoms with Crippen molar-refractivity contribution in [3.05, 3.63) is 35.5 Å². The first-order valence-electron chi connectivity index (χ1n) is 8.70. The molecule has 0 radical (unpaired) electrons. The lowest BCUT2D eigenvalue weighted by Crippen LogP contribution is -2.62. The second-order valence-corrected chi connectivity index (χ2v) is 7.63. The molecule has 0 spiro atoms. The number of H-pyrrole nitrogens is 1. The maximum Gasteiger partial charge on any atom is 0.0999 e. The molecule has 4 atom stereocenters. The van der Waals surface area contributed by atoms with Gasteiger partial charge >= 0.3 is 0 Å². The first-order valence-corrected chi connectivity index (χ1v) is 8.70. The maximum atomic E-state index is 9.81. The monoisotopic (exact) mass is 299 g/mol. The van der Waals surface area contributed by atoms with E-state index in [-0.39, 0.29) is 0 Å². The van der Waals surface area contributed by atoms with E-state index in [1.54, 1.807) is 0 Å². The number of likely N-dealkylation sites (N-methyl/N-ethyl adjacent to an activating group) is 1. The summed E-state index contributed by atoms with van der Waals surface area (Å²) in [5.41, 5.74) is 4.29.